The highest BCUT2D eigenvalue weighted by Gasteiger charge is 2.20. The van der Waals surface area contributed by atoms with Crippen molar-refractivity contribution in [3.63, 3.8) is 0 Å². The van der Waals surface area contributed by atoms with Gasteiger partial charge in [-0.05, 0) is 53.6 Å². The molecule has 0 saturated carbocycles. The van der Waals surface area contributed by atoms with Crippen molar-refractivity contribution in [2.24, 2.45) is 0 Å². The van der Waals surface area contributed by atoms with Crippen LogP contribution >= 0.6 is 27.3 Å². The summed E-state index contributed by atoms with van der Waals surface area (Å²) in [6.45, 7) is 2.24. The van der Waals surface area contributed by atoms with Gasteiger partial charge in [-0.2, -0.15) is 11.3 Å². The number of likely N-dealkylation sites (N-methyl/N-ethyl adjacent to an activating group) is 1. The molecule has 4 nitrogen and oxygen atoms in total. The summed E-state index contributed by atoms with van der Waals surface area (Å²) in [4.78, 5) is 26.0. The van der Waals surface area contributed by atoms with Crippen LogP contribution in [-0.4, -0.2) is 29.8 Å². The van der Waals surface area contributed by atoms with Crippen LogP contribution in [0.3, 0.4) is 0 Å². The second kappa shape index (κ2) is 7.56. The van der Waals surface area contributed by atoms with Crippen molar-refractivity contribution in [3.8, 4) is 0 Å². The average molecular weight is 381 g/mol. The quantitative estimate of drug-likeness (QED) is 0.864. The van der Waals surface area contributed by atoms with E-state index in [1.807, 2.05) is 16.8 Å². The standard InChI is InChI=1S/C16H17BrN2O2S/c1-11(16(21)19(2)9-12-7-8-22-10-12)18-15(20)13-3-5-14(17)6-4-13/h3-8,10-11H,9H2,1-2H3,(H,18,20)/t11-/m0/s1. The number of nitrogens with one attached hydrogen (secondary N) is 1. The Kier molecular flexibility index (Phi) is 5.74. The number of amides is 2. The second-order valence-electron chi connectivity index (χ2n) is 5.03. The summed E-state index contributed by atoms with van der Waals surface area (Å²) >= 11 is 4.92. The second-order valence-corrected chi connectivity index (χ2v) is 6.72. The number of carbonyl (C=O) groups excluding carboxylic acids is 2. The lowest BCUT2D eigenvalue weighted by molar-refractivity contribution is -0.132. The Hall–Kier alpha value is -1.66. The Morgan fingerprint density at radius 3 is 2.55 bits per heavy atom. The van der Waals surface area contributed by atoms with Crippen molar-refractivity contribution in [1.29, 1.82) is 0 Å². The molecule has 0 spiro atoms. The van der Waals surface area contributed by atoms with Gasteiger partial charge in [0.25, 0.3) is 5.91 Å². The van der Waals surface area contributed by atoms with E-state index in [2.05, 4.69) is 21.2 Å². The first-order valence-corrected chi connectivity index (χ1v) is 8.53. The van der Waals surface area contributed by atoms with E-state index in [0.29, 0.717) is 12.1 Å². The average Bonchev–Trinajstić information content (AvgIpc) is 2.99. The molecule has 0 aliphatic carbocycles. The molecular weight excluding hydrogens is 364 g/mol. The van der Waals surface area contributed by atoms with Gasteiger partial charge in [0.2, 0.25) is 5.91 Å². The summed E-state index contributed by atoms with van der Waals surface area (Å²) in [7, 11) is 1.74. The molecule has 0 bridgehead atoms. The van der Waals surface area contributed by atoms with Crippen LogP contribution in [-0.2, 0) is 11.3 Å². The van der Waals surface area contributed by atoms with Gasteiger partial charge in [0.05, 0.1) is 0 Å². The van der Waals surface area contributed by atoms with E-state index in [1.54, 1.807) is 54.5 Å². The van der Waals surface area contributed by atoms with Gasteiger partial charge in [-0.3, -0.25) is 9.59 Å². The van der Waals surface area contributed by atoms with Crippen molar-refractivity contribution in [1.82, 2.24) is 10.2 Å². The molecule has 0 saturated heterocycles. The molecule has 2 amide bonds. The molecule has 6 heteroatoms. The van der Waals surface area contributed by atoms with Gasteiger partial charge >= 0.3 is 0 Å². The summed E-state index contributed by atoms with van der Waals surface area (Å²) in [5.74, 6) is -0.367. The highest BCUT2D eigenvalue weighted by molar-refractivity contribution is 9.10. The fourth-order valence-corrected chi connectivity index (χ4v) is 2.93. The van der Waals surface area contributed by atoms with Gasteiger partial charge in [0.1, 0.15) is 6.04 Å². The maximum absolute atomic E-state index is 12.3. The smallest absolute Gasteiger partial charge is 0.251 e. The van der Waals surface area contributed by atoms with Gasteiger partial charge in [-0.25, -0.2) is 0 Å². The Bertz CT molecular complexity index is 641. The van der Waals surface area contributed by atoms with Gasteiger partial charge in [0, 0.05) is 23.6 Å². The van der Waals surface area contributed by atoms with Crippen molar-refractivity contribution in [3.05, 3.63) is 56.7 Å². The number of benzene rings is 1. The molecule has 0 fully saturated rings. The lowest BCUT2D eigenvalue weighted by Crippen LogP contribution is -2.45. The first kappa shape index (κ1) is 16.7. The molecule has 2 aromatic rings. The summed E-state index contributed by atoms with van der Waals surface area (Å²) in [5.41, 5.74) is 1.62. The van der Waals surface area contributed by atoms with E-state index < -0.39 is 6.04 Å². The minimum atomic E-state index is -0.570. The van der Waals surface area contributed by atoms with Gasteiger partial charge in [-0.15, -0.1) is 0 Å². The maximum Gasteiger partial charge on any atom is 0.251 e. The van der Waals surface area contributed by atoms with Crippen molar-refractivity contribution in [2.75, 3.05) is 7.05 Å². The number of halogens is 1. The fraction of sp³-hybridized carbons (Fsp3) is 0.250. The molecule has 0 unspecified atom stereocenters. The summed E-state index contributed by atoms with van der Waals surface area (Å²) in [6, 6.07) is 8.44. The van der Waals surface area contributed by atoms with Crippen molar-refractivity contribution >= 4 is 39.1 Å². The number of hydrogen-bond donors (Lipinski definition) is 1. The molecule has 1 N–H and O–H groups in total. The first-order chi connectivity index (χ1) is 10.5. The zero-order valence-electron chi connectivity index (χ0n) is 12.4. The van der Waals surface area contributed by atoms with Crippen LogP contribution in [0, 0.1) is 0 Å². The van der Waals surface area contributed by atoms with Crippen molar-refractivity contribution < 1.29 is 9.59 Å². The highest BCUT2D eigenvalue weighted by Crippen LogP contribution is 2.11. The van der Waals surface area contributed by atoms with Crippen LogP contribution in [0.15, 0.2) is 45.6 Å². The predicted molar refractivity (Wildman–Crippen MR) is 91.9 cm³/mol. The Balaban J connectivity index is 1.92. The first-order valence-electron chi connectivity index (χ1n) is 6.80. The van der Waals surface area contributed by atoms with Crippen LogP contribution in [0.4, 0.5) is 0 Å². The van der Waals surface area contributed by atoms with E-state index in [9.17, 15) is 9.59 Å². The van der Waals surface area contributed by atoms with Crippen LogP contribution in [0.1, 0.15) is 22.8 Å². The molecule has 0 aliphatic rings. The molecule has 1 aromatic carbocycles. The summed E-state index contributed by atoms with van der Waals surface area (Å²) in [5, 5.41) is 6.72. The molecule has 1 heterocycles. The van der Waals surface area contributed by atoms with Crippen molar-refractivity contribution in [2.45, 2.75) is 19.5 Å². The normalized spacial score (nSPS) is 11.8. The third-order valence-corrected chi connectivity index (χ3v) is 4.46. The van der Waals surface area contributed by atoms with Crippen LogP contribution in [0.2, 0.25) is 0 Å². The minimum absolute atomic E-state index is 0.114. The Morgan fingerprint density at radius 1 is 1.27 bits per heavy atom. The molecule has 0 radical (unpaired) electrons. The zero-order chi connectivity index (χ0) is 16.1. The summed E-state index contributed by atoms with van der Waals surface area (Å²) in [6.07, 6.45) is 0. The van der Waals surface area contributed by atoms with Crippen LogP contribution in [0.5, 0.6) is 0 Å². The SMILES string of the molecule is C[C@H](NC(=O)c1ccc(Br)cc1)C(=O)N(C)Cc1ccsc1. The van der Waals surface area contributed by atoms with Gasteiger partial charge in [-0.1, -0.05) is 15.9 Å². The Morgan fingerprint density at radius 2 is 1.95 bits per heavy atom. The predicted octanol–water partition coefficient (Wildman–Crippen LogP) is 3.29. The topological polar surface area (TPSA) is 49.4 Å². The molecule has 22 heavy (non-hydrogen) atoms. The van der Waals surface area contributed by atoms with E-state index in [4.69, 9.17) is 0 Å². The molecule has 1 atom stereocenters. The third-order valence-electron chi connectivity index (χ3n) is 3.20. The number of nitrogens with zero attached hydrogens (tertiary/aromatic N) is 1. The maximum atomic E-state index is 12.3. The largest absolute Gasteiger partial charge is 0.341 e. The number of rotatable bonds is 5. The lowest BCUT2D eigenvalue weighted by Gasteiger charge is -2.21. The van der Waals surface area contributed by atoms with Gasteiger partial charge < -0.3 is 10.2 Å². The van der Waals surface area contributed by atoms with Crippen LogP contribution < -0.4 is 5.32 Å². The number of carbonyl (C=O) groups is 2. The van der Waals surface area contributed by atoms with Crippen LogP contribution in [0.25, 0.3) is 0 Å². The molecule has 1 aromatic heterocycles. The van der Waals surface area contributed by atoms with E-state index in [0.717, 1.165) is 10.0 Å². The molecule has 116 valence electrons. The molecule has 0 aliphatic heterocycles. The fourth-order valence-electron chi connectivity index (χ4n) is 2.01. The highest BCUT2D eigenvalue weighted by atomic mass is 79.9. The number of thiophene rings is 1. The minimum Gasteiger partial charge on any atom is -0.341 e. The number of hydrogen-bond acceptors (Lipinski definition) is 3. The lowest BCUT2D eigenvalue weighted by atomic mass is 10.2. The Labute approximate surface area is 142 Å². The van der Waals surface area contributed by atoms with Gasteiger partial charge in [0.15, 0.2) is 0 Å². The third kappa shape index (κ3) is 4.42. The summed E-state index contributed by atoms with van der Waals surface area (Å²) < 4.78 is 0.906. The molecular formula is C16H17BrN2O2S. The van der Waals surface area contributed by atoms with E-state index >= 15 is 0 Å². The monoisotopic (exact) mass is 380 g/mol. The zero-order valence-corrected chi connectivity index (χ0v) is 14.8. The molecule has 2 rings (SSSR count). The van der Waals surface area contributed by atoms with E-state index in [1.165, 1.54) is 0 Å². The van der Waals surface area contributed by atoms with E-state index in [-0.39, 0.29) is 11.8 Å².